The lowest BCUT2D eigenvalue weighted by molar-refractivity contribution is 0.102. The monoisotopic (exact) mass is 461 g/mol. The van der Waals surface area contributed by atoms with Crippen molar-refractivity contribution in [3.63, 3.8) is 0 Å². The van der Waals surface area contributed by atoms with Crippen LogP contribution in [0.5, 0.6) is 11.5 Å². The summed E-state index contributed by atoms with van der Waals surface area (Å²) < 4.78 is 11.2. The van der Waals surface area contributed by atoms with E-state index in [0.717, 1.165) is 22.2 Å². The Morgan fingerprint density at radius 1 is 0.771 bits per heavy atom. The van der Waals surface area contributed by atoms with E-state index in [2.05, 4.69) is 15.3 Å². The standard InChI is InChI=1S/C29H23N3O3/c1-34-20-17-23(29(33)32-25-14-7-9-19-10-8-16-31-28(19)25)27(26(18-20)35-2)22-12-4-3-11-21(22)24-13-5-6-15-30-24/h3-18H,1-2H3,(H,32,33). The fourth-order valence-corrected chi connectivity index (χ4v) is 4.17. The first-order chi connectivity index (χ1) is 17.2. The third-order valence-electron chi connectivity index (χ3n) is 5.79. The van der Waals surface area contributed by atoms with Gasteiger partial charge in [0.2, 0.25) is 0 Å². The fraction of sp³-hybridized carbons (Fsp3) is 0.0690. The second-order valence-corrected chi connectivity index (χ2v) is 7.85. The molecular formula is C29H23N3O3. The largest absolute Gasteiger partial charge is 0.497 e. The number of para-hydroxylation sites is 1. The van der Waals surface area contributed by atoms with Crippen LogP contribution in [0.25, 0.3) is 33.3 Å². The number of carbonyl (C=O) groups excluding carboxylic acids is 1. The molecule has 6 nitrogen and oxygen atoms in total. The van der Waals surface area contributed by atoms with Crippen molar-refractivity contribution in [1.82, 2.24) is 9.97 Å². The highest BCUT2D eigenvalue weighted by Gasteiger charge is 2.23. The number of fused-ring (bicyclic) bond motifs is 1. The molecule has 3 aromatic carbocycles. The lowest BCUT2D eigenvalue weighted by Crippen LogP contribution is -2.15. The highest BCUT2D eigenvalue weighted by molar-refractivity contribution is 6.13. The fourth-order valence-electron chi connectivity index (χ4n) is 4.17. The third kappa shape index (κ3) is 4.29. The van der Waals surface area contributed by atoms with Gasteiger partial charge < -0.3 is 14.8 Å². The molecular weight excluding hydrogens is 438 g/mol. The number of anilines is 1. The van der Waals surface area contributed by atoms with Crippen molar-refractivity contribution in [3.05, 3.63) is 103 Å². The molecule has 6 heteroatoms. The van der Waals surface area contributed by atoms with Crippen molar-refractivity contribution < 1.29 is 14.3 Å². The van der Waals surface area contributed by atoms with Crippen molar-refractivity contribution in [2.45, 2.75) is 0 Å². The molecule has 0 aliphatic rings. The van der Waals surface area contributed by atoms with E-state index in [1.165, 1.54) is 0 Å². The van der Waals surface area contributed by atoms with E-state index in [0.29, 0.717) is 33.8 Å². The Morgan fingerprint density at radius 2 is 1.54 bits per heavy atom. The first kappa shape index (κ1) is 22.1. The van der Waals surface area contributed by atoms with E-state index in [4.69, 9.17) is 9.47 Å². The zero-order valence-electron chi connectivity index (χ0n) is 19.4. The minimum Gasteiger partial charge on any atom is -0.497 e. The summed E-state index contributed by atoms with van der Waals surface area (Å²) in [7, 11) is 3.14. The third-order valence-corrected chi connectivity index (χ3v) is 5.79. The van der Waals surface area contributed by atoms with Crippen LogP contribution in [-0.4, -0.2) is 30.1 Å². The van der Waals surface area contributed by atoms with Crippen molar-refractivity contribution in [1.29, 1.82) is 0 Å². The zero-order valence-corrected chi connectivity index (χ0v) is 19.4. The summed E-state index contributed by atoms with van der Waals surface area (Å²) >= 11 is 0. The molecule has 0 aliphatic heterocycles. The topological polar surface area (TPSA) is 73.3 Å². The van der Waals surface area contributed by atoms with Crippen LogP contribution < -0.4 is 14.8 Å². The molecule has 172 valence electrons. The molecule has 0 saturated heterocycles. The summed E-state index contributed by atoms with van der Waals surface area (Å²) in [6.07, 6.45) is 3.46. The van der Waals surface area contributed by atoms with Gasteiger partial charge in [-0.1, -0.05) is 48.5 Å². The molecule has 0 atom stereocenters. The predicted molar refractivity (Wildman–Crippen MR) is 138 cm³/mol. The van der Waals surface area contributed by atoms with Gasteiger partial charge in [-0.2, -0.15) is 0 Å². The molecule has 0 fully saturated rings. The highest BCUT2D eigenvalue weighted by Crippen LogP contribution is 2.41. The van der Waals surface area contributed by atoms with Gasteiger partial charge >= 0.3 is 0 Å². The first-order valence-corrected chi connectivity index (χ1v) is 11.1. The summed E-state index contributed by atoms with van der Waals surface area (Å²) in [4.78, 5) is 22.8. The van der Waals surface area contributed by atoms with E-state index in [1.807, 2.05) is 72.8 Å². The van der Waals surface area contributed by atoms with E-state index in [-0.39, 0.29) is 5.91 Å². The molecule has 2 aromatic heterocycles. The Morgan fingerprint density at radius 3 is 2.31 bits per heavy atom. The van der Waals surface area contributed by atoms with Gasteiger partial charge in [-0.05, 0) is 35.9 Å². The molecule has 2 heterocycles. The average Bonchev–Trinajstić information content (AvgIpc) is 2.93. The lowest BCUT2D eigenvalue weighted by atomic mass is 9.92. The van der Waals surface area contributed by atoms with Crippen LogP contribution in [0.1, 0.15) is 10.4 Å². The molecule has 0 spiro atoms. The lowest BCUT2D eigenvalue weighted by Gasteiger charge is -2.18. The highest BCUT2D eigenvalue weighted by atomic mass is 16.5. The van der Waals surface area contributed by atoms with Gasteiger partial charge in [-0.25, -0.2) is 0 Å². The molecule has 1 amide bonds. The Kier molecular flexibility index (Phi) is 6.09. The summed E-state index contributed by atoms with van der Waals surface area (Å²) in [5, 5.41) is 3.98. The maximum absolute atomic E-state index is 13.8. The molecule has 0 aliphatic carbocycles. The molecule has 0 unspecified atom stereocenters. The Balaban J connectivity index is 1.69. The van der Waals surface area contributed by atoms with E-state index >= 15 is 0 Å². The van der Waals surface area contributed by atoms with Crippen LogP contribution in [-0.2, 0) is 0 Å². The van der Waals surface area contributed by atoms with Gasteiger partial charge in [0, 0.05) is 35.0 Å². The molecule has 1 N–H and O–H groups in total. The quantitative estimate of drug-likeness (QED) is 0.324. The Hall–Kier alpha value is -4.71. The van der Waals surface area contributed by atoms with Crippen molar-refractivity contribution >= 4 is 22.5 Å². The number of hydrogen-bond acceptors (Lipinski definition) is 5. The number of ether oxygens (including phenoxy) is 2. The molecule has 5 aromatic rings. The Labute approximate surface area is 203 Å². The number of carbonyl (C=O) groups is 1. The summed E-state index contributed by atoms with van der Waals surface area (Å²) in [6, 6.07) is 26.6. The number of benzene rings is 3. The van der Waals surface area contributed by atoms with E-state index < -0.39 is 0 Å². The molecule has 0 bridgehead atoms. The number of amides is 1. The molecule has 0 radical (unpaired) electrons. The maximum atomic E-state index is 13.8. The van der Waals surface area contributed by atoms with Crippen LogP contribution in [0.2, 0.25) is 0 Å². The van der Waals surface area contributed by atoms with Crippen LogP contribution >= 0.6 is 0 Å². The van der Waals surface area contributed by atoms with Gasteiger partial charge in [0.15, 0.2) is 0 Å². The normalized spacial score (nSPS) is 10.7. The minimum absolute atomic E-state index is 0.300. The second-order valence-electron chi connectivity index (χ2n) is 7.85. The summed E-state index contributed by atoms with van der Waals surface area (Å²) in [5.41, 5.74) is 4.92. The van der Waals surface area contributed by atoms with Crippen LogP contribution in [0.3, 0.4) is 0 Å². The number of methoxy groups -OCH3 is 2. The van der Waals surface area contributed by atoms with Gasteiger partial charge in [0.25, 0.3) is 5.91 Å². The van der Waals surface area contributed by atoms with Crippen molar-refractivity contribution in [2.24, 2.45) is 0 Å². The summed E-state index contributed by atoms with van der Waals surface area (Å²) in [5.74, 6) is 0.738. The predicted octanol–water partition coefficient (Wildman–Crippen LogP) is 6.23. The van der Waals surface area contributed by atoms with Crippen molar-refractivity contribution in [3.8, 4) is 33.9 Å². The molecule has 5 rings (SSSR count). The average molecular weight is 462 g/mol. The maximum Gasteiger partial charge on any atom is 0.256 e. The number of aromatic nitrogens is 2. The molecule has 0 saturated carbocycles. The van der Waals surface area contributed by atoms with Crippen molar-refractivity contribution in [2.75, 3.05) is 19.5 Å². The summed E-state index contributed by atoms with van der Waals surface area (Å²) in [6.45, 7) is 0. The first-order valence-electron chi connectivity index (χ1n) is 11.1. The number of nitrogens with one attached hydrogen (secondary N) is 1. The molecule has 35 heavy (non-hydrogen) atoms. The van der Waals surface area contributed by atoms with Crippen LogP contribution in [0, 0.1) is 0 Å². The SMILES string of the molecule is COc1cc(OC)c(-c2ccccc2-c2ccccn2)c(C(=O)Nc2cccc3cccnc23)c1. The van der Waals surface area contributed by atoms with Gasteiger partial charge in [-0.15, -0.1) is 0 Å². The number of hydrogen-bond donors (Lipinski definition) is 1. The van der Waals surface area contributed by atoms with Crippen LogP contribution in [0.15, 0.2) is 97.3 Å². The van der Waals surface area contributed by atoms with Gasteiger partial charge in [0.1, 0.15) is 11.5 Å². The van der Waals surface area contributed by atoms with E-state index in [1.54, 1.807) is 38.7 Å². The second kappa shape index (κ2) is 9.65. The minimum atomic E-state index is -0.300. The number of pyridine rings is 2. The number of rotatable bonds is 6. The Bertz CT molecular complexity index is 1510. The van der Waals surface area contributed by atoms with E-state index in [9.17, 15) is 4.79 Å². The van der Waals surface area contributed by atoms with Gasteiger partial charge in [-0.3, -0.25) is 14.8 Å². The number of nitrogens with zero attached hydrogens (tertiary/aromatic N) is 2. The van der Waals surface area contributed by atoms with Crippen LogP contribution in [0.4, 0.5) is 5.69 Å². The zero-order chi connectivity index (χ0) is 24.2. The van der Waals surface area contributed by atoms with Gasteiger partial charge in [0.05, 0.1) is 36.7 Å². The smallest absolute Gasteiger partial charge is 0.256 e.